The Bertz CT molecular complexity index is 1120. The number of hydrogen-bond acceptors (Lipinski definition) is 5. The number of furan rings is 1. The van der Waals surface area contributed by atoms with Crippen LogP contribution < -0.4 is 10.2 Å². The normalized spacial score (nSPS) is 10.8. The van der Waals surface area contributed by atoms with Crippen molar-refractivity contribution < 1.29 is 9.21 Å². The summed E-state index contributed by atoms with van der Waals surface area (Å²) < 4.78 is 5.46. The topological polar surface area (TPSA) is 71.3 Å². The molecule has 0 aliphatic heterocycles. The molecule has 0 fully saturated rings. The summed E-state index contributed by atoms with van der Waals surface area (Å²) in [5.41, 5.74) is 2.93. The highest BCUT2D eigenvalue weighted by molar-refractivity contribution is 6.07. The van der Waals surface area contributed by atoms with Crippen LogP contribution >= 0.6 is 0 Å². The molecule has 4 rings (SSSR count). The zero-order chi connectivity index (χ0) is 19.5. The maximum atomic E-state index is 13.0. The molecule has 0 radical (unpaired) electrons. The molecule has 140 valence electrons. The van der Waals surface area contributed by atoms with Crippen LogP contribution in [-0.2, 0) is 6.54 Å². The van der Waals surface area contributed by atoms with Gasteiger partial charge in [-0.05, 0) is 42.0 Å². The summed E-state index contributed by atoms with van der Waals surface area (Å²) in [6.07, 6.45) is 3.34. The second-order valence-electron chi connectivity index (χ2n) is 6.65. The van der Waals surface area contributed by atoms with E-state index in [1.54, 1.807) is 24.6 Å². The van der Waals surface area contributed by atoms with Crippen molar-refractivity contribution in [2.45, 2.75) is 6.54 Å². The molecular formula is C22H20N4O2. The Labute approximate surface area is 162 Å². The number of fused-ring (bicyclic) bond motifs is 1. The standard InChI is InChI=1S/C22H20N4O2/c1-26(2)21-12-15(9-10-23-21)14-24-22(27)17-13-19(20-8-5-11-28-20)25-18-7-4-3-6-16(17)18/h3-13H,14H2,1-2H3,(H,24,27). The van der Waals surface area contributed by atoms with Gasteiger partial charge < -0.3 is 14.6 Å². The summed E-state index contributed by atoms with van der Waals surface area (Å²) >= 11 is 0. The van der Waals surface area contributed by atoms with Gasteiger partial charge in [0.1, 0.15) is 11.5 Å². The highest BCUT2D eigenvalue weighted by Gasteiger charge is 2.15. The summed E-state index contributed by atoms with van der Waals surface area (Å²) in [4.78, 5) is 23.8. The van der Waals surface area contributed by atoms with Crippen molar-refractivity contribution in [3.8, 4) is 11.5 Å². The number of hydrogen-bond donors (Lipinski definition) is 1. The molecule has 1 N–H and O–H groups in total. The number of anilines is 1. The van der Waals surface area contributed by atoms with E-state index in [-0.39, 0.29) is 5.91 Å². The molecule has 0 spiro atoms. The van der Waals surface area contributed by atoms with Crippen molar-refractivity contribution >= 4 is 22.6 Å². The van der Waals surface area contributed by atoms with Gasteiger partial charge in [-0.3, -0.25) is 4.79 Å². The van der Waals surface area contributed by atoms with Gasteiger partial charge in [-0.25, -0.2) is 9.97 Å². The molecule has 0 aliphatic carbocycles. The van der Waals surface area contributed by atoms with Crippen LogP contribution in [0.15, 0.2) is 71.5 Å². The third-order valence-electron chi connectivity index (χ3n) is 4.46. The second kappa shape index (κ2) is 7.52. The lowest BCUT2D eigenvalue weighted by molar-refractivity contribution is 0.0952. The molecule has 0 atom stereocenters. The van der Waals surface area contributed by atoms with Crippen molar-refractivity contribution in [3.05, 3.63) is 78.2 Å². The van der Waals surface area contributed by atoms with Gasteiger partial charge in [-0.1, -0.05) is 18.2 Å². The number of carbonyl (C=O) groups is 1. The monoisotopic (exact) mass is 372 g/mol. The maximum absolute atomic E-state index is 13.0. The smallest absolute Gasteiger partial charge is 0.252 e. The second-order valence-corrected chi connectivity index (χ2v) is 6.65. The van der Waals surface area contributed by atoms with Gasteiger partial charge in [0.05, 0.1) is 17.3 Å². The lowest BCUT2D eigenvalue weighted by Gasteiger charge is -2.13. The molecule has 0 saturated heterocycles. The van der Waals surface area contributed by atoms with Crippen LogP contribution in [0.3, 0.4) is 0 Å². The van der Waals surface area contributed by atoms with Gasteiger partial charge in [0.15, 0.2) is 5.76 Å². The number of benzene rings is 1. The van der Waals surface area contributed by atoms with Crippen molar-refractivity contribution in [1.29, 1.82) is 0 Å². The molecule has 0 saturated carbocycles. The molecule has 0 aliphatic rings. The number of pyridine rings is 2. The average molecular weight is 372 g/mol. The molecule has 3 aromatic heterocycles. The van der Waals surface area contributed by atoms with Gasteiger partial charge >= 0.3 is 0 Å². The van der Waals surface area contributed by atoms with Crippen molar-refractivity contribution in [2.24, 2.45) is 0 Å². The third-order valence-corrected chi connectivity index (χ3v) is 4.46. The summed E-state index contributed by atoms with van der Waals surface area (Å²) in [6, 6.07) is 16.9. The molecular weight excluding hydrogens is 352 g/mol. The number of rotatable bonds is 5. The molecule has 28 heavy (non-hydrogen) atoms. The number of amides is 1. The van der Waals surface area contributed by atoms with E-state index in [1.165, 1.54) is 0 Å². The van der Waals surface area contributed by atoms with Crippen molar-refractivity contribution in [3.63, 3.8) is 0 Å². The van der Waals surface area contributed by atoms with Crippen LogP contribution in [0.1, 0.15) is 15.9 Å². The molecule has 1 aromatic carbocycles. The van der Waals surface area contributed by atoms with Gasteiger partial charge in [-0.15, -0.1) is 0 Å². The fourth-order valence-corrected chi connectivity index (χ4v) is 3.01. The largest absolute Gasteiger partial charge is 0.463 e. The Kier molecular flexibility index (Phi) is 4.76. The first-order chi connectivity index (χ1) is 13.6. The van der Waals surface area contributed by atoms with Crippen LogP contribution in [0.4, 0.5) is 5.82 Å². The van der Waals surface area contributed by atoms with Crippen LogP contribution in [0.2, 0.25) is 0 Å². The van der Waals surface area contributed by atoms with Crippen LogP contribution in [0.5, 0.6) is 0 Å². The maximum Gasteiger partial charge on any atom is 0.252 e. The van der Waals surface area contributed by atoms with Gasteiger partial charge in [0.2, 0.25) is 0 Å². The summed E-state index contributed by atoms with van der Waals surface area (Å²) in [5.74, 6) is 1.32. The van der Waals surface area contributed by atoms with Crippen molar-refractivity contribution in [2.75, 3.05) is 19.0 Å². The third kappa shape index (κ3) is 3.57. The Morgan fingerprint density at radius 1 is 1.11 bits per heavy atom. The van der Waals surface area contributed by atoms with E-state index in [0.29, 0.717) is 23.6 Å². The first kappa shape index (κ1) is 17.7. The fraction of sp³-hybridized carbons (Fsp3) is 0.136. The molecule has 6 heteroatoms. The van der Waals surface area contributed by atoms with E-state index in [2.05, 4.69) is 15.3 Å². The van der Waals surface area contributed by atoms with Gasteiger partial charge in [0, 0.05) is 32.2 Å². The molecule has 6 nitrogen and oxygen atoms in total. The molecule has 4 aromatic rings. The first-order valence-corrected chi connectivity index (χ1v) is 8.96. The predicted octanol–water partition coefficient (Wildman–Crippen LogP) is 3.89. The average Bonchev–Trinajstić information content (AvgIpc) is 3.26. The lowest BCUT2D eigenvalue weighted by atomic mass is 10.1. The zero-order valence-corrected chi connectivity index (χ0v) is 15.7. The highest BCUT2D eigenvalue weighted by atomic mass is 16.3. The van der Waals surface area contributed by atoms with E-state index in [9.17, 15) is 4.79 Å². The summed E-state index contributed by atoms with van der Waals surface area (Å²) in [6.45, 7) is 0.412. The van der Waals surface area contributed by atoms with E-state index < -0.39 is 0 Å². The van der Waals surface area contributed by atoms with Crippen LogP contribution in [0, 0.1) is 0 Å². The number of aromatic nitrogens is 2. The van der Waals surface area contributed by atoms with Crippen LogP contribution in [-0.4, -0.2) is 30.0 Å². The predicted molar refractivity (Wildman–Crippen MR) is 109 cm³/mol. The first-order valence-electron chi connectivity index (χ1n) is 8.96. The van der Waals surface area contributed by atoms with E-state index >= 15 is 0 Å². The van der Waals surface area contributed by atoms with Crippen LogP contribution in [0.25, 0.3) is 22.4 Å². The van der Waals surface area contributed by atoms with Crippen molar-refractivity contribution in [1.82, 2.24) is 15.3 Å². The Balaban J connectivity index is 1.64. The molecule has 0 unspecified atom stereocenters. The number of carbonyl (C=O) groups excluding carboxylic acids is 1. The van der Waals surface area contributed by atoms with E-state index in [4.69, 9.17) is 4.42 Å². The van der Waals surface area contributed by atoms with E-state index in [1.807, 2.05) is 61.5 Å². The minimum atomic E-state index is -0.158. The Hall–Kier alpha value is -3.67. The Morgan fingerprint density at radius 3 is 2.75 bits per heavy atom. The number of para-hydroxylation sites is 1. The van der Waals surface area contributed by atoms with Gasteiger partial charge in [-0.2, -0.15) is 0 Å². The minimum absolute atomic E-state index is 0.158. The summed E-state index contributed by atoms with van der Waals surface area (Å²) in [7, 11) is 3.87. The number of nitrogens with one attached hydrogen (secondary N) is 1. The highest BCUT2D eigenvalue weighted by Crippen LogP contribution is 2.25. The SMILES string of the molecule is CN(C)c1cc(CNC(=O)c2cc(-c3ccco3)nc3ccccc23)ccn1. The summed E-state index contributed by atoms with van der Waals surface area (Å²) in [5, 5.41) is 3.81. The zero-order valence-electron chi connectivity index (χ0n) is 15.7. The number of nitrogens with zero attached hydrogens (tertiary/aromatic N) is 3. The van der Waals surface area contributed by atoms with Gasteiger partial charge in [0.25, 0.3) is 5.91 Å². The fourth-order valence-electron chi connectivity index (χ4n) is 3.01. The Morgan fingerprint density at radius 2 is 1.96 bits per heavy atom. The minimum Gasteiger partial charge on any atom is -0.463 e. The molecule has 1 amide bonds. The molecule has 3 heterocycles. The lowest BCUT2D eigenvalue weighted by Crippen LogP contribution is -2.23. The quantitative estimate of drug-likeness (QED) is 0.575. The van der Waals surface area contributed by atoms with E-state index in [0.717, 1.165) is 22.3 Å². The molecule has 0 bridgehead atoms.